The molecule has 1 saturated heterocycles. The minimum absolute atomic E-state index is 0.0357. The smallest absolute Gasteiger partial charge is 0.266 e. The quantitative estimate of drug-likeness (QED) is 0.567. The monoisotopic (exact) mass is 485 g/mol. The van der Waals surface area contributed by atoms with Crippen LogP contribution in [0.25, 0.3) is 10.9 Å². The number of anilines is 1. The molecule has 1 amide bonds. The first kappa shape index (κ1) is 23.2. The number of rotatable bonds is 3. The molecule has 35 heavy (non-hydrogen) atoms. The molecule has 5 rings (SSSR count). The van der Waals surface area contributed by atoms with Crippen molar-refractivity contribution in [2.75, 3.05) is 31.1 Å². The Morgan fingerprint density at radius 1 is 1.23 bits per heavy atom. The van der Waals surface area contributed by atoms with Crippen LogP contribution in [-0.4, -0.2) is 52.6 Å². The molecule has 1 unspecified atom stereocenters. The van der Waals surface area contributed by atoms with E-state index in [9.17, 15) is 18.0 Å². The van der Waals surface area contributed by atoms with Gasteiger partial charge in [0.15, 0.2) is 5.49 Å². The lowest BCUT2D eigenvalue weighted by molar-refractivity contribution is -0.129. The van der Waals surface area contributed by atoms with Gasteiger partial charge in [-0.15, -0.1) is 0 Å². The summed E-state index contributed by atoms with van der Waals surface area (Å²) in [6.07, 6.45) is -1.29. The number of hydrogen-bond donors (Lipinski definition) is 0. The topological polar surface area (TPSA) is 63.0 Å². The Hall–Kier alpha value is -3.56. The number of alkyl halides is 2. The number of nitrogens with zero attached hydrogens (tertiary/aromatic N) is 5. The van der Waals surface area contributed by atoms with Crippen LogP contribution < -0.4 is 15.1 Å². The standard InChI is InChI=1S/C25H26F3N5O2/c1-14(17-5-4-6-18(23(17)26)24(27)28)30-25-19-9-21-22(10-20(19)31(3)13-29-25)35-12-16-11-32(15(2)34)7-8-33(16)21/h4-6,9-10,13-14,16,24H,7-8,11-12H2,1-3H3/t14?,16-/m1/s1. The van der Waals surface area contributed by atoms with Crippen molar-refractivity contribution in [1.29, 1.82) is 0 Å². The summed E-state index contributed by atoms with van der Waals surface area (Å²) in [5.74, 6) is -0.161. The molecule has 3 aromatic rings. The third kappa shape index (κ3) is 4.11. The maximum absolute atomic E-state index is 14.7. The van der Waals surface area contributed by atoms with Gasteiger partial charge in [0.25, 0.3) is 6.43 Å². The maximum Gasteiger partial charge on any atom is 0.266 e. The molecule has 184 valence electrons. The third-order valence-corrected chi connectivity index (χ3v) is 6.78. The number of aryl methyl sites for hydroxylation is 1. The molecule has 0 saturated carbocycles. The molecule has 0 spiro atoms. The molecule has 2 atom stereocenters. The number of amides is 1. The Labute approximate surface area is 200 Å². The highest BCUT2D eigenvalue weighted by atomic mass is 19.3. The number of hydrogen-bond acceptors (Lipinski definition) is 5. The minimum Gasteiger partial charge on any atom is -0.489 e. The van der Waals surface area contributed by atoms with Crippen molar-refractivity contribution in [2.24, 2.45) is 12.0 Å². The molecule has 0 radical (unpaired) electrons. The predicted molar refractivity (Wildman–Crippen MR) is 125 cm³/mol. The lowest BCUT2D eigenvalue weighted by atomic mass is 10.0. The van der Waals surface area contributed by atoms with Crippen molar-refractivity contribution in [1.82, 2.24) is 14.5 Å². The normalized spacial score (nSPS) is 18.9. The fourth-order valence-electron chi connectivity index (χ4n) is 4.84. The number of aromatic nitrogens is 2. The van der Waals surface area contributed by atoms with Crippen molar-refractivity contribution in [3.63, 3.8) is 0 Å². The maximum atomic E-state index is 14.7. The molecular weight excluding hydrogens is 459 g/mol. The lowest BCUT2D eigenvalue weighted by Gasteiger charge is -2.45. The van der Waals surface area contributed by atoms with Crippen LogP contribution in [0.5, 0.6) is 5.75 Å². The largest absolute Gasteiger partial charge is 0.489 e. The fourth-order valence-corrected chi connectivity index (χ4v) is 4.84. The second-order valence-corrected chi connectivity index (χ2v) is 9.00. The van der Waals surface area contributed by atoms with E-state index >= 15 is 0 Å². The number of carbonyl (C=O) groups excluding carboxylic acids is 1. The van der Waals surface area contributed by atoms with E-state index in [1.165, 1.54) is 12.1 Å². The number of benzene rings is 2. The Bertz CT molecular complexity index is 1370. The molecule has 2 aromatic carbocycles. The van der Waals surface area contributed by atoms with Crippen LogP contribution in [-0.2, 0) is 11.8 Å². The zero-order valence-corrected chi connectivity index (χ0v) is 19.7. The summed E-state index contributed by atoms with van der Waals surface area (Å²) in [4.78, 5) is 25.0. The highest BCUT2D eigenvalue weighted by Gasteiger charge is 2.34. The molecule has 2 aliphatic heterocycles. The van der Waals surface area contributed by atoms with Gasteiger partial charge in [-0.2, -0.15) is 0 Å². The number of piperazine rings is 1. The Balaban J connectivity index is 1.59. The van der Waals surface area contributed by atoms with E-state index in [0.717, 1.165) is 28.4 Å². The van der Waals surface area contributed by atoms with Crippen LogP contribution in [0.1, 0.15) is 37.4 Å². The second-order valence-electron chi connectivity index (χ2n) is 9.00. The lowest BCUT2D eigenvalue weighted by Crippen LogP contribution is -2.58. The highest BCUT2D eigenvalue weighted by Crippen LogP contribution is 2.38. The molecule has 1 fully saturated rings. The van der Waals surface area contributed by atoms with Crippen molar-refractivity contribution >= 4 is 22.5 Å². The van der Waals surface area contributed by atoms with Crippen LogP contribution in [0.3, 0.4) is 0 Å². The van der Waals surface area contributed by atoms with Gasteiger partial charge in [0.2, 0.25) is 5.91 Å². The number of halogens is 3. The van der Waals surface area contributed by atoms with E-state index in [1.807, 2.05) is 28.6 Å². The number of ether oxygens (including phenoxy) is 1. The van der Waals surface area contributed by atoms with Gasteiger partial charge in [-0.1, -0.05) is 18.2 Å². The molecule has 7 nitrogen and oxygen atoms in total. The Morgan fingerprint density at radius 2 is 2.00 bits per heavy atom. The van der Waals surface area contributed by atoms with Gasteiger partial charge in [0.05, 0.1) is 35.2 Å². The van der Waals surface area contributed by atoms with Crippen molar-refractivity contribution < 1.29 is 22.7 Å². The SMILES string of the molecule is CC(=O)N1CCN2c3cc4c(=NC(C)c5cccc(C(F)F)c5F)ncn(C)c4cc3OC[C@H]2C1. The first-order chi connectivity index (χ1) is 16.7. The first-order valence-electron chi connectivity index (χ1n) is 11.5. The fraction of sp³-hybridized carbons (Fsp3) is 0.400. The number of fused-ring (bicyclic) bond motifs is 4. The van der Waals surface area contributed by atoms with Gasteiger partial charge in [-0.05, 0) is 13.0 Å². The summed E-state index contributed by atoms with van der Waals surface area (Å²) in [6, 6.07) is 7.17. The second kappa shape index (κ2) is 8.90. The number of carbonyl (C=O) groups is 1. The molecule has 1 aromatic heterocycles. The van der Waals surface area contributed by atoms with Crippen LogP contribution in [0.4, 0.5) is 18.9 Å². The molecular formula is C25H26F3N5O2. The predicted octanol–water partition coefficient (Wildman–Crippen LogP) is 3.74. The van der Waals surface area contributed by atoms with E-state index in [1.54, 1.807) is 20.2 Å². The zero-order chi connectivity index (χ0) is 24.9. The average Bonchev–Trinajstić information content (AvgIpc) is 2.84. The third-order valence-electron chi connectivity index (χ3n) is 6.78. The van der Waals surface area contributed by atoms with Gasteiger partial charge in [0.1, 0.15) is 18.2 Å². The molecule has 0 aliphatic carbocycles. The highest BCUT2D eigenvalue weighted by molar-refractivity contribution is 5.86. The average molecular weight is 486 g/mol. The molecule has 3 heterocycles. The summed E-state index contributed by atoms with van der Waals surface area (Å²) in [5, 5.41) is 0.740. The Morgan fingerprint density at radius 3 is 2.74 bits per heavy atom. The minimum atomic E-state index is -2.90. The van der Waals surface area contributed by atoms with Gasteiger partial charge < -0.3 is 19.1 Å². The van der Waals surface area contributed by atoms with Gasteiger partial charge >= 0.3 is 0 Å². The summed E-state index contributed by atoms with van der Waals surface area (Å²) in [5.41, 5.74) is 1.56. The van der Waals surface area contributed by atoms with Crippen LogP contribution in [0.2, 0.25) is 0 Å². The van der Waals surface area contributed by atoms with Crippen LogP contribution in [0.15, 0.2) is 41.7 Å². The van der Waals surface area contributed by atoms with E-state index in [2.05, 4.69) is 14.9 Å². The molecule has 2 aliphatic rings. The van der Waals surface area contributed by atoms with E-state index in [0.29, 0.717) is 31.7 Å². The molecule has 0 bridgehead atoms. The summed E-state index contributed by atoms with van der Waals surface area (Å²) in [7, 11) is 1.86. The molecule has 0 N–H and O–H groups in total. The van der Waals surface area contributed by atoms with Crippen LogP contribution >= 0.6 is 0 Å². The van der Waals surface area contributed by atoms with E-state index < -0.39 is 23.8 Å². The van der Waals surface area contributed by atoms with Crippen molar-refractivity contribution in [2.45, 2.75) is 32.4 Å². The van der Waals surface area contributed by atoms with Gasteiger partial charge in [0, 0.05) is 50.6 Å². The van der Waals surface area contributed by atoms with Gasteiger partial charge in [-0.25, -0.2) is 18.2 Å². The summed E-state index contributed by atoms with van der Waals surface area (Å²) < 4.78 is 49.0. The molecule has 10 heteroatoms. The van der Waals surface area contributed by atoms with Crippen molar-refractivity contribution in [3.8, 4) is 5.75 Å². The summed E-state index contributed by atoms with van der Waals surface area (Å²) >= 11 is 0. The zero-order valence-electron chi connectivity index (χ0n) is 19.7. The Kier molecular flexibility index (Phi) is 5.90. The van der Waals surface area contributed by atoms with Gasteiger partial charge in [-0.3, -0.25) is 9.79 Å². The summed E-state index contributed by atoms with van der Waals surface area (Å²) in [6.45, 7) is 5.59. The van der Waals surface area contributed by atoms with Crippen LogP contribution in [0, 0.1) is 5.82 Å². The van der Waals surface area contributed by atoms with E-state index in [-0.39, 0.29) is 17.5 Å². The van der Waals surface area contributed by atoms with Crippen molar-refractivity contribution in [3.05, 3.63) is 59.1 Å². The first-order valence-corrected chi connectivity index (χ1v) is 11.5. The van der Waals surface area contributed by atoms with E-state index in [4.69, 9.17) is 4.74 Å².